The Kier molecular flexibility index (Phi) is 8.46. The van der Waals surface area contributed by atoms with E-state index in [1.165, 1.54) is 12.1 Å². The molecule has 0 aliphatic heterocycles. The smallest absolute Gasteiger partial charge is 1.00 e. The van der Waals surface area contributed by atoms with Crippen molar-refractivity contribution in [3.8, 4) is 0 Å². The summed E-state index contributed by atoms with van der Waals surface area (Å²) in [5, 5.41) is 0. The van der Waals surface area contributed by atoms with E-state index in [0.717, 1.165) is 5.56 Å². The van der Waals surface area contributed by atoms with E-state index in [1.807, 2.05) is 6.92 Å². The summed E-state index contributed by atoms with van der Waals surface area (Å²) >= 11 is 0. The van der Waals surface area contributed by atoms with Gasteiger partial charge < -0.3 is 1.43 Å². The molecule has 0 bridgehead atoms. The third-order valence-electron chi connectivity index (χ3n) is 1.32. The molecule has 17 heavy (non-hydrogen) atoms. The van der Waals surface area contributed by atoms with Crippen molar-refractivity contribution in [2.75, 3.05) is 0 Å². The van der Waals surface area contributed by atoms with Crippen LogP contribution < -0.4 is 29.6 Å². The van der Waals surface area contributed by atoms with Gasteiger partial charge in [-0.3, -0.25) is 13.7 Å². The van der Waals surface area contributed by atoms with Crippen LogP contribution in [0.1, 0.15) is 6.99 Å². The molecule has 3 N–H and O–H groups in total. The van der Waals surface area contributed by atoms with E-state index in [-0.39, 0.29) is 35.9 Å². The van der Waals surface area contributed by atoms with Gasteiger partial charge in [0.25, 0.3) is 10.1 Å². The Morgan fingerprint density at radius 3 is 1.47 bits per heavy atom. The minimum Gasteiger partial charge on any atom is -1.00 e. The summed E-state index contributed by atoms with van der Waals surface area (Å²) in [4.78, 5) is -0.0666. The van der Waals surface area contributed by atoms with Crippen LogP contribution in [0.4, 0.5) is 0 Å². The maximum atomic E-state index is 10.5. The molecule has 0 aliphatic rings. The van der Waals surface area contributed by atoms with Crippen LogP contribution in [0, 0.1) is 6.92 Å². The van der Waals surface area contributed by atoms with E-state index in [9.17, 15) is 8.42 Å². The Balaban J connectivity index is -0.000000282. The molecular weight excluding hydrogens is 283 g/mol. The Morgan fingerprint density at radius 2 is 1.24 bits per heavy atom. The zero-order valence-corrected chi connectivity index (χ0v) is 12.7. The van der Waals surface area contributed by atoms with Crippen molar-refractivity contribution in [1.29, 1.82) is 0 Å². The second-order valence-corrected chi connectivity index (χ2v) is 5.05. The minimum atomic E-state index is -4.67. The van der Waals surface area contributed by atoms with Crippen LogP contribution in [0.5, 0.6) is 0 Å². The van der Waals surface area contributed by atoms with Gasteiger partial charge in [-0.05, 0) is 19.1 Å². The summed E-state index contributed by atoms with van der Waals surface area (Å²) in [5.74, 6) is 0. The zero-order chi connectivity index (χ0) is 13.0. The van der Waals surface area contributed by atoms with Crippen molar-refractivity contribution in [3.63, 3.8) is 0 Å². The molecule has 0 radical (unpaired) electrons. The van der Waals surface area contributed by atoms with E-state index in [4.69, 9.17) is 22.1 Å². The molecule has 0 amide bonds. The van der Waals surface area contributed by atoms with Crippen molar-refractivity contribution in [2.45, 2.75) is 11.8 Å². The van der Waals surface area contributed by atoms with E-state index in [1.54, 1.807) is 12.1 Å². The monoisotopic (exact) mass is 294 g/mol. The summed E-state index contributed by atoms with van der Waals surface area (Å²) in [6, 6.07) is 5.99. The molecular formula is C7H11NaO7S2. The first-order chi connectivity index (χ1) is 7.00. The van der Waals surface area contributed by atoms with Crippen LogP contribution in [-0.4, -0.2) is 30.5 Å². The van der Waals surface area contributed by atoms with Crippen LogP contribution in [0.25, 0.3) is 0 Å². The van der Waals surface area contributed by atoms with Gasteiger partial charge in [-0.25, -0.2) is 0 Å². The maximum absolute atomic E-state index is 10.5. The molecule has 10 heteroatoms. The van der Waals surface area contributed by atoms with Crippen LogP contribution in [0.3, 0.4) is 0 Å². The number of aryl methyl sites for hydroxylation is 1. The van der Waals surface area contributed by atoms with Crippen LogP contribution >= 0.6 is 0 Å². The molecule has 94 valence electrons. The third kappa shape index (κ3) is 12.2. The fourth-order valence-corrected chi connectivity index (χ4v) is 1.19. The summed E-state index contributed by atoms with van der Waals surface area (Å²) in [5.41, 5.74) is 0.956. The predicted molar refractivity (Wildman–Crippen MR) is 56.3 cm³/mol. The third-order valence-corrected chi connectivity index (χ3v) is 2.19. The van der Waals surface area contributed by atoms with Crippen LogP contribution in [-0.2, 0) is 20.5 Å². The molecule has 1 rings (SSSR count). The normalized spacial score (nSPS) is 10.8. The van der Waals surface area contributed by atoms with Crippen LogP contribution in [0.2, 0.25) is 0 Å². The first kappa shape index (κ1) is 19.3. The quantitative estimate of drug-likeness (QED) is 0.392. The van der Waals surface area contributed by atoms with Gasteiger partial charge >= 0.3 is 40.0 Å². The predicted octanol–water partition coefficient (Wildman–Crippen LogP) is -2.29. The Labute approximate surface area is 123 Å². The van der Waals surface area contributed by atoms with Gasteiger partial charge in [-0.15, -0.1) is 0 Å². The summed E-state index contributed by atoms with van der Waals surface area (Å²) in [7, 11) is -8.69. The van der Waals surface area contributed by atoms with Crippen molar-refractivity contribution in [1.82, 2.24) is 0 Å². The second-order valence-electron chi connectivity index (χ2n) is 2.74. The van der Waals surface area contributed by atoms with E-state index in [0.29, 0.717) is 0 Å². The molecule has 0 spiro atoms. The van der Waals surface area contributed by atoms with E-state index < -0.39 is 20.5 Å². The molecule has 0 fully saturated rings. The summed E-state index contributed by atoms with van der Waals surface area (Å²) in [6.07, 6.45) is 0. The molecule has 0 unspecified atom stereocenters. The number of rotatable bonds is 1. The zero-order valence-electron chi connectivity index (χ0n) is 10.1. The van der Waals surface area contributed by atoms with Gasteiger partial charge in [-0.1, -0.05) is 17.7 Å². The molecule has 0 heterocycles. The number of benzene rings is 1. The minimum absolute atomic E-state index is 0. The van der Waals surface area contributed by atoms with E-state index >= 15 is 0 Å². The second kappa shape index (κ2) is 7.44. The standard InChI is InChI=1S/C7H8O3S.Na.H2O4S.H/c1-6-2-4-7(5-3-6)11(8,9)10;;1-5(2,3)4;/h2-5H,1H3,(H,8,9,10);;(H2,1,2,3,4);/q;+1;;-1. The maximum Gasteiger partial charge on any atom is 1.00 e. The first-order valence-corrected chi connectivity index (χ1v) is 6.58. The molecule has 0 aromatic heterocycles. The molecule has 0 atom stereocenters. The molecule has 1 aromatic carbocycles. The summed E-state index contributed by atoms with van der Waals surface area (Å²) in [6.45, 7) is 1.84. The number of hydrogen-bond donors (Lipinski definition) is 3. The topological polar surface area (TPSA) is 129 Å². The van der Waals surface area contributed by atoms with Crippen molar-refractivity contribution in [2.24, 2.45) is 0 Å². The van der Waals surface area contributed by atoms with Crippen molar-refractivity contribution in [3.05, 3.63) is 29.8 Å². The van der Waals surface area contributed by atoms with E-state index in [2.05, 4.69) is 0 Å². The number of hydrogen-bond acceptors (Lipinski definition) is 4. The molecule has 7 nitrogen and oxygen atoms in total. The average molecular weight is 294 g/mol. The van der Waals surface area contributed by atoms with Gasteiger partial charge in [-0.2, -0.15) is 16.8 Å². The van der Waals surface area contributed by atoms with Gasteiger partial charge in [0, 0.05) is 0 Å². The molecule has 0 saturated heterocycles. The van der Waals surface area contributed by atoms with Gasteiger partial charge in [0.05, 0.1) is 4.90 Å². The Bertz CT molecular complexity index is 530. The fraction of sp³-hybridized carbons (Fsp3) is 0.143. The van der Waals surface area contributed by atoms with Crippen LogP contribution in [0.15, 0.2) is 29.2 Å². The molecule has 0 saturated carbocycles. The first-order valence-electron chi connectivity index (χ1n) is 3.74. The average Bonchev–Trinajstić information content (AvgIpc) is 1.99. The fourth-order valence-electron chi connectivity index (χ4n) is 0.710. The van der Waals surface area contributed by atoms with Gasteiger partial charge in [0.1, 0.15) is 0 Å². The van der Waals surface area contributed by atoms with Crippen molar-refractivity contribution >= 4 is 20.5 Å². The SMILES string of the molecule is Cc1ccc(S(=O)(=O)O)cc1.O=S(=O)(O)O.[H-].[Na+]. The molecule has 1 aromatic rings. The Morgan fingerprint density at radius 1 is 0.941 bits per heavy atom. The molecule has 0 aliphatic carbocycles. The van der Waals surface area contributed by atoms with Crippen molar-refractivity contribution < 1.29 is 61.5 Å². The Hall–Kier alpha value is -0.000000000000000222. The summed E-state index contributed by atoms with van der Waals surface area (Å²) < 4.78 is 61.1. The van der Waals surface area contributed by atoms with Gasteiger partial charge in [0.2, 0.25) is 0 Å². The largest absolute Gasteiger partial charge is 1.00 e. The van der Waals surface area contributed by atoms with Gasteiger partial charge in [0.15, 0.2) is 0 Å².